The van der Waals surface area contributed by atoms with E-state index in [1.807, 2.05) is 0 Å². The number of rotatable bonds is 39. The van der Waals surface area contributed by atoms with E-state index < -0.39 is 75.7 Å². The van der Waals surface area contributed by atoms with E-state index in [4.69, 9.17) is 18.5 Å². The van der Waals surface area contributed by atoms with Crippen molar-refractivity contribution in [2.45, 2.75) is 243 Å². The van der Waals surface area contributed by atoms with Crippen molar-refractivity contribution in [3.8, 4) is 0 Å². The molecule has 1 rings (SSSR count). The lowest BCUT2D eigenvalue weighted by molar-refractivity contribution is -0.220. The molecule has 60 heavy (non-hydrogen) atoms. The standard InChI is InChI=1S/C46H85O13P/c1-3-5-7-9-11-13-15-17-19-20-21-23-24-26-28-30-32-34-39(47)56-36-38(37-57-60(54,55)59-46-44(52)42(50)41(49)43(51)45(46)53)58-40(48)35-33-31-29-27-25-22-18-16-14-12-10-8-6-4-2/h16-19,38,41-46,49-53H,3-15,20-37H2,1-2H3,(H,54,55)/b18-16-,19-17-/t38-,41?,42-,43?,44?,45?,46?/m1/s1. The molecule has 0 radical (unpaired) electrons. The number of carbonyl (C=O) groups is 2. The predicted octanol–water partition coefficient (Wildman–Crippen LogP) is 9.23. The molecule has 0 amide bonds. The van der Waals surface area contributed by atoms with Crippen molar-refractivity contribution in [3.05, 3.63) is 24.3 Å². The molecule has 0 saturated heterocycles. The maximum absolute atomic E-state index is 12.8. The largest absolute Gasteiger partial charge is 0.472 e. The smallest absolute Gasteiger partial charge is 0.462 e. The van der Waals surface area contributed by atoms with Gasteiger partial charge >= 0.3 is 19.8 Å². The van der Waals surface area contributed by atoms with Crippen LogP contribution in [0.1, 0.15) is 200 Å². The zero-order valence-corrected chi connectivity index (χ0v) is 38.2. The summed E-state index contributed by atoms with van der Waals surface area (Å²) >= 11 is 0. The van der Waals surface area contributed by atoms with Crippen LogP contribution in [0, 0.1) is 0 Å². The van der Waals surface area contributed by atoms with Crippen LogP contribution >= 0.6 is 7.82 Å². The van der Waals surface area contributed by atoms with Crippen LogP contribution in [0.3, 0.4) is 0 Å². The van der Waals surface area contributed by atoms with Crippen LogP contribution < -0.4 is 0 Å². The van der Waals surface area contributed by atoms with E-state index in [2.05, 4.69) is 38.2 Å². The first kappa shape index (κ1) is 56.3. The number of ether oxygens (including phenoxy) is 2. The summed E-state index contributed by atoms with van der Waals surface area (Å²) in [5, 5.41) is 50.1. The maximum atomic E-state index is 12.8. The Bertz CT molecular complexity index is 1150. The molecule has 1 fully saturated rings. The number of phosphoric acid groups is 1. The SMILES string of the molecule is CCCCCCC/C=C\CCCCCCCC(=O)O[C@H](COC(=O)CCCCCCCCC/C=C\CCCCCCCC)COP(=O)(O)OC1C(O)C(O)C(O)[C@@H](O)C1O. The Hall–Kier alpha value is -1.67. The second-order valence-electron chi connectivity index (χ2n) is 16.6. The fourth-order valence-corrected chi connectivity index (χ4v) is 8.13. The van der Waals surface area contributed by atoms with Gasteiger partial charge in [0.25, 0.3) is 0 Å². The summed E-state index contributed by atoms with van der Waals surface area (Å²) in [5.41, 5.74) is 0. The van der Waals surface area contributed by atoms with Crippen molar-refractivity contribution < 1.29 is 63.1 Å². The molecule has 1 aliphatic carbocycles. The Kier molecular flexibility index (Phi) is 34.5. The van der Waals surface area contributed by atoms with Gasteiger partial charge in [-0.15, -0.1) is 0 Å². The Balaban J connectivity index is 2.45. The molecule has 8 atom stereocenters. The van der Waals surface area contributed by atoms with Gasteiger partial charge in [-0.3, -0.25) is 18.6 Å². The highest BCUT2D eigenvalue weighted by atomic mass is 31.2. The fourth-order valence-electron chi connectivity index (χ4n) is 7.16. The summed E-state index contributed by atoms with van der Waals surface area (Å²) in [6.45, 7) is 3.28. The fraction of sp³-hybridized carbons (Fsp3) is 0.870. The van der Waals surface area contributed by atoms with E-state index in [1.165, 1.54) is 89.9 Å². The monoisotopic (exact) mass is 877 g/mol. The Morgan fingerprint density at radius 2 is 0.850 bits per heavy atom. The number of phosphoric ester groups is 1. The third-order valence-corrected chi connectivity index (χ3v) is 12.0. The summed E-state index contributed by atoms with van der Waals surface area (Å²) in [7, 11) is -5.12. The van der Waals surface area contributed by atoms with Gasteiger partial charge < -0.3 is 39.9 Å². The first-order valence-corrected chi connectivity index (χ1v) is 25.1. The molecule has 352 valence electrons. The number of aliphatic hydroxyl groups excluding tert-OH is 5. The van der Waals surface area contributed by atoms with Crippen LogP contribution in [0.25, 0.3) is 0 Å². The van der Waals surface area contributed by atoms with Crippen LogP contribution in [0.15, 0.2) is 24.3 Å². The van der Waals surface area contributed by atoms with Crippen molar-refractivity contribution in [1.82, 2.24) is 0 Å². The first-order valence-electron chi connectivity index (χ1n) is 23.6. The highest BCUT2D eigenvalue weighted by Crippen LogP contribution is 2.47. The van der Waals surface area contributed by atoms with E-state index in [-0.39, 0.29) is 12.8 Å². The van der Waals surface area contributed by atoms with Crippen molar-refractivity contribution in [2.24, 2.45) is 0 Å². The van der Waals surface area contributed by atoms with E-state index >= 15 is 0 Å². The van der Waals surface area contributed by atoms with Crippen LogP contribution in [0.5, 0.6) is 0 Å². The quantitative estimate of drug-likeness (QED) is 0.0147. The number of carbonyl (C=O) groups excluding carboxylic acids is 2. The van der Waals surface area contributed by atoms with Gasteiger partial charge in [-0.25, -0.2) is 4.57 Å². The molecule has 0 heterocycles. The molecule has 1 saturated carbocycles. The van der Waals surface area contributed by atoms with Crippen molar-refractivity contribution in [1.29, 1.82) is 0 Å². The van der Waals surface area contributed by atoms with E-state index in [0.29, 0.717) is 12.8 Å². The number of unbranched alkanes of at least 4 members (excludes halogenated alkanes) is 23. The van der Waals surface area contributed by atoms with Gasteiger partial charge in [0.15, 0.2) is 6.10 Å². The average molecular weight is 877 g/mol. The topological polar surface area (TPSA) is 210 Å². The van der Waals surface area contributed by atoms with Gasteiger partial charge in [-0.05, 0) is 64.2 Å². The summed E-state index contributed by atoms with van der Waals surface area (Å²) in [6.07, 6.45) is 26.6. The number of allylic oxidation sites excluding steroid dienone is 4. The highest BCUT2D eigenvalue weighted by molar-refractivity contribution is 7.47. The minimum atomic E-state index is -5.12. The number of hydrogen-bond acceptors (Lipinski definition) is 12. The zero-order valence-electron chi connectivity index (χ0n) is 37.3. The summed E-state index contributed by atoms with van der Waals surface area (Å²) in [4.78, 5) is 35.7. The molecular formula is C46H85O13P. The molecule has 1 aliphatic rings. The summed E-state index contributed by atoms with van der Waals surface area (Å²) < 4.78 is 33.5. The lowest BCUT2D eigenvalue weighted by Crippen LogP contribution is -2.64. The third-order valence-electron chi connectivity index (χ3n) is 11.0. The van der Waals surface area contributed by atoms with Gasteiger partial charge in [0.05, 0.1) is 6.61 Å². The molecule has 0 aromatic heterocycles. The van der Waals surface area contributed by atoms with Crippen molar-refractivity contribution in [2.75, 3.05) is 13.2 Å². The van der Waals surface area contributed by atoms with Crippen LogP contribution in [0.4, 0.5) is 0 Å². The normalized spacial score (nSPS) is 22.3. The third kappa shape index (κ3) is 28.8. The second kappa shape index (κ2) is 36.8. The van der Waals surface area contributed by atoms with Gasteiger partial charge in [-0.1, -0.05) is 147 Å². The molecular weight excluding hydrogens is 791 g/mol. The number of hydrogen-bond donors (Lipinski definition) is 6. The molecule has 0 bridgehead atoms. The van der Waals surface area contributed by atoms with Gasteiger partial charge in [0.1, 0.15) is 43.2 Å². The average Bonchev–Trinajstić information content (AvgIpc) is 3.23. The van der Waals surface area contributed by atoms with E-state index in [1.54, 1.807) is 0 Å². The Morgan fingerprint density at radius 3 is 1.27 bits per heavy atom. The summed E-state index contributed by atoms with van der Waals surface area (Å²) in [5.74, 6) is -1.11. The lowest BCUT2D eigenvalue weighted by Gasteiger charge is -2.41. The van der Waals surface area contributed by atoms with Gasteiger partial charge in [0.2, 0.25) is 0 Å². The van der Waals surface area contributed by atoms with Gasteiger partial charge in [-0.2, -0.15) is 0 Å². The van der Waals surface area contributed by atoms with E-state index in [9.17, 15) is 44.6 Å². The van der Waals surface area contributed by atoms with Crippen molar-refractivity contribution >= 4 is 19.8 Å². The predicted molar refractivity (Wildman–Crippen MR) is 235 cm³/mol. The molecule has 6 unspecified atom stereocenters. The van der Waals surface area contributed by atoms with Crippen LogP contribution in [-0.2, 0) is 32.7 Å². The molecule has 0 aromatic rings. The maximum Gasteiger partial charge on any atom is 0.472 e. The second-order valence-corrected chi connectivity index (χ2v) is 18.0. The first-order chi connectivity index (χ1) is 28.9. The molecule has 6 N–H and O–H groups in total. The minimum Gasteiger partial charge on any atom is -0.462 e. The lowest BCUT2D eigenvalue weighted by atomic mass is 9.85. The Morgan fingerprint density at radius 1 is 0.500 bits per heavy atom. The zero-order chi connectivity index (χ0) is 44.3. The van der Waals surface area contributed by atoms with Crippen molar-refractivity contribution in [3.63, 3.8) is 0 Å². The summed E-state index contributed by atoms with van der Waals surface area (Å²) in [6, 6.07) is 0. The highest BCUT2D eigenvalue weighted by Gasteiger charge is 2.51. The van der Waals surface area contributed by atoms with E-state index in [0.717, 1.165) is 70.6 Å². The molecule has 0 spiro atoms. The number of esters is 2. The Labute approximate surface area is 362 Å². The van der Waals surface area contributed by atoms with Gasteiger partial charge in [0, 0.05) is 12.8 Å². The molecule has 0 aliphatic heterocycles. The van der Waals surface area contributed by atoms with Crippen LogP contribution in [-0.4, -0.2) is 98.3 Å². The molecule has 14 heteroatoms. The molecule has 13 nitrogen and oxygen atoms in total. The van der Waals surface area contributed by atoms with Crippen LogP contribution in [0.2, 0.25) is 0 Å². The minimum absolute atomic E-state index is 0.0875. The number of aliphatic hydroxyl groups is 5. The molecule has 0 aromatic carbocycles.